The van der Waals surface area contributed by atoms with Gasteiger partial charge in [0.05, 0.1) is 25.4 Å². The van der Waals surface area contributed by atoms with E-state index in [9.17, 15) is 28.8 Å². The Morgan fingerprint density at radius 2 is 0.727 bits per heavy atom. The average Bonchev–Trinajstić information content (AvgIpc) is 2.52. The maximum absolute atomic E-state index is 10.4. The number of carbonyl (C=O) groups is 6. The SMILES string of the molecule is CC(C)(C)O.CCOC(=O)CC(C)=O.CCOC(=O)CC(C)=O.CCOC(=O)CC(C)=O.[Ti]. The van der Waals surface area contributed by atoms with Crippen LogP contribution in [0.5, 0.6) is 0 Å². The van der Waals surface area contributed by atoms with E-state index in [2.05, 4.69) is 14.2 Å². The molecule has 0 unspecified atom stereocenters. The Kier molecular flexibility index (Phi) is 33.0. The van der Waals surface area contributed by atoms with Gasteiger partial charge in [-0.3, -0.25) is 28.8 Å². The number of hydrogen-bond donors (Lipinski definition) is 1. The van der Waals surface area contributed by atoms with Crippen LogP contribution in [-0.4, -0.2) is 65.8 Å². The van der Waals surface area contributed by atoms with Gasteiger partial charge in [0.25, 0.3) is 0 Å². The summed E-state index contributed by atoms with van der Waals surface area (Å²) in [6.45, 7) is 15.4. The Morgan fingerprint density at radius 3 is 0.818 bits per heavy atom. The molecule has 33 heavy (non-hydrogen) atoms. The minimum absolute atomic E-state index is 0. The number of ketones is 3. The van der Waals surface area contributed by atoms with Crippen molar-refractivity contribution in [3.8, 4) is 0 Å². The summed E-state index contributed by atoms with van der Waals surface area (Å²) in [6.07, 6.45) is -0.310. The van der Waals surface area contributed by atoms with E-state index in [1.807, 2.05) is 0 Å². The van der Waals surface area contributed by atoms with E-state index in [4.69, 9.17) is 5.11 Å². The van der Waals surface area contributed by atoms with Crippen LogP contribution in [0, 0.1) is 0 Å². The molecule has 0 amide bonds. The largest absolute Gasteiger partial charge is 0.466 e. The van der Waals surface area contributed by atoms with Crippen molar-refractivity contribution >= 4 is 35.3 Å². The molecule has 0 aliphatic carbocycles. The third kappa shape index (κ3) is 65.1. The van der Waals surface area contributed by atoms with E-state index < -0.39 is 23.5 Å². The van der Waals surface area contributed by atoms with Gasteiger partial charge in [-0.25, -0.2) is 0 Å². The molecule has 0 saturated heterocycles. The third-order valence-electron chi connectivity index (χ3n) is 2.10. The van der Waals surface area contributed by atoms with E-state index in [0.29, 0.717) is 19.8 Å². The van der Waals surface area contributed by atoms with E-state index in [1.54, 1.807) is 41.5 Å². The van der Waals surface area contributed by atoms with E-state index >= 15 is 0 Å². The van der Waals surface area contributed by atoms with E-state index in [-0.39, 0.29) is 58.3 Å². The van der Waals surface area contributed by atoms with Gasteiger partial charge in [-0.1, -0.05) is 0 Å². The molecular weight excluding hydrogens is 472 g/mol. The number of rotatable bonds is 9. The van der Waals surface area contributed by atoms with Gasteiger partial charge in [0.1, 0.15) is 36.6 Å². The summed E-state index contributed by atoms with van der Waals surface area (Å²) in [5, 5.41) is 8.52. The molecule has 0 aliphatic heterocycles. The van der Waals surface area contributed by atoms with Crippen LogP contribution < -0.4 is 0 Å². The molecule has 0 radical (unpaired) electrons. The van der Waals surface area contributed by atoms with Gasteiger partial charge in [0.15, 0.2) is 0 Å². The number of hydrogen-bond acceptors (Lipinski definition) is 10. The van der Waals surface area contributed by atoms with Crippen LogP contribution in [0.15, 0.2) is 0 Å². The van der Waals surface area contributed by atoms with E-state index in [1.165, 1.54) is 20.8 Å². The van der Waals surface area contributed by atoms with Gasteiger partial charge < -0.3 is 19.3 Å². The van der Waals surface area contributed by atoms with E-state index in [0.717, 1.165) is 0 Å². The van der Waals surface area contributed by atoms with Gasteiger partial charge in [-0.2, -0.15) is 0 Å². The number of carbonyl (C=O) groups excluding carboxylic acids is 6. The maximum atomic E-state index is 10.4. The first-order valence-corrected chi connectivity index (χ1v) is 10.2. The van der Waals surface area contributed by atoms with Gasteiger partial charge in [-0.05, 0) is 62.3 Å². The number of aliphatic hydroxyl groups is 1. The topological polar surface area (TPSA) is 150 Å². The molecule has 1 N–H and O–H groups in total. The Bertz CT molecular complexity index is 503. The molecule has 10 nitrogen and oxygen atoms in total. The number of ether oxygens (including phenoxy) is 3. The predicted molar refractivity (Wildman–Crippen MR) is 118 cm³/mol. The van der Waals surface area contributed by atoms with Gasteiger partial charge >= 0.3 is 17.9 Å². The summed E-state index contributed by atoms with van der Waals surface area (Å²) in [5.74, 6) is -1.80. The van der Waals surface area contributed by atoms with Crippen molar-refractivity contribution in [2.24, 2.45) is 0 Å². The fraction of sp³-hybridized carbons (Fsp3) is 0.727. The molecule has 0 aliphatic rings. The third-order valence-corrected chi connectivity index (χ3v) is 2.10. The molecule has 192 valence electrons. The summed E-state index contributed by atoms with van der Waals surface area (Å²) < 4.78 is 13.5. The Morgan fingerprint density at radius 1 is 0.576 bits per heavy atom. The monoisotopic (exact) mass is 512 g/mol. The van der Waals surface area contributed by atoms with Crippen molar-refractivity contribution < 1.29 is 69.8 Å². The molecule has 0 aromatic carbocycles. The predicted octanol–water partition coefficient (Wildman–Crippen LogP) is 2.36. The molecule has 0 spiro atoms. The van der Waals surface area contributed by atoms with Crippen molar-refractivity contribution in [3.63, 3.8) is 0 Å². The molecule has 0 heterocycles. The van der Waals surface area contributed by atoms with Gasteiger partial charge in [0.2, 0.25) is 0 Å². The molecule has 0 saturated carbocycles. The second-order valence-electron chi connectivity index (χ2n) is 7.22. The van der Waals surface area contributed by atoms with Crippen molar-refractivity contribution in [1.82, 2.24) is 0 Å². The first-order chi connectivity index (χ1) is 14.5. The summed E-state index contributed by atoms with van der Waals surface area (Å²) in [7, 11) is 0. The standard InChI is InChI=1S/3C6H10O3.C4H10O.Ti/c3*1-3-9-6(8)4-5(2)7;1-4(2,3)5;/h3*3-4H2,1-2H3;5H,1-3H3;. The zero-order valence-electron chi connectivity index (χ0n) is 21.4. The van der Waals surface area contributed by atoms with Crippen molar-refractivity contribution in [2.45, 2.75) is 87.2 Å². The van der Waals surface area contributed by atoms with Crippen molar-refractivity contribution in [3.05, 3.63) is 0 Å². The second kappa shape index (κ2) is 26.3. The normalized spacial score (nSPS) is 8.91. The number of esters is 3. The Hall–Kier alpha value is -1.91. The quantitative estimate of drug-likeness (QED) is 0.211. The van der Waals surface area contributed by atoms with Gasteiger partial charge in [0, 0.05) is 21.7 Å². The van der Waals surface area contributed by atoms with Crippen molar-refractivity contribution in [1.29, 1.82) is 0 Å². The van der Waals surface area contributed by atoms with Crippen LogP contribution in [0.25, 0.3) is 0 Å². The summed E-state index contributed by atoms with van der Waals surface area (Å²) >= 11 is 0. The van der Waals surface area contributed by atoms with Crippen LogP contribution in [-0.2, 0) is 64.7 Å². The molecule has 0 rings (SSSR count). The van der Waals surface area contributed by atoms with Crippen LogP contribution in [0.4, 0.5) is 0 Å². The van der Waals surface area contributed by atoms with Gasteiger partial charge in [-0.15, -0.1) is 0 Å². The molecule has 0 aromatic heterocycles. The Labute approximate surface area is 212 Å². The molecule has 0 atom stereocenters. The summed E-state index contributed by atoms with van der Waals surface area (Å²) in [6, 6.07) is 0. The maximum Gasteiger partial charge on any atom is 0.313 e. The Balaban J connectivity index is -0.000000107. The van der Waals surface area contributed by atoms with Crippen LogP contribution in [0.1, 0.15) is 81.6 Å². The summed E-state index contributed by atoms with van der Waals surface area (Å²) in [4.78, 5) is 61.9. The number of Topliss-reactive ketones (excluding diaryl/α,β-unsaturated/α-hetero) is 3. The first kappa shape index (κ1) is 41.4. The molecule has 11 heteroatoms. The van der Waals surface area contributed by atoms with Crippen LogP contribution in [0.3, 0.4) is 0 Å². The van der Waals surface area contributed by atoms with Crippen LogP contribution >= 0.6 is 0 Å². The van der Waals surface area contributed by atoms with Crippen LogP contribution in [0.2, 0.25) is 0 Å². The summed E-state index contributed by atoms with van der Waals surface area (Å²) in [5.41, 5.74) is -0.500. The second-order valence-corrected chi connectivity index (χ2v) is 7.22. The minimum Gasteiger partial charge on any atom is -0.466 e. The molecular formula is C22H40O10Ti. The van der Waals surface area contributed by atoms with Crippen molar-refractivity contribution in [2.75, 3.05) is 19.8 Å². The average molecular weight is 512 g/mol. The fourth-order valence-corrected chi connectivity index (χ4v) is 1.25. The minimum atomic E-state index is -0.500. The fourth-order valence-electron chi connectivity index (χ4n) is 1.25. The zero-order chi connectivity index (χ0) is 26.3. The smallest absolute Gasteiger partial charge is 0.313 e. The zero-order valence-corrected chi connectivity index (χ0v) is 22.9. The molecule has 0 bridgehead atoms. The molecule has 0 fully saturated rings. The molecule has 0 aromatic rings. The first-order valence-electron chi connectivity index (χ1n) is 10.2.